The second-order valence-electron chi connectivity index (χ2n) is 4.76. The van der Waals surface area contributed by atoms with Gasteiger partial charge >= 0.3 is 0 Å². The van der Waals surface area contributed by atoms with Crippen LogP contribution < -0.4 is 16.4 Å². The molecule has 0 spiro atoms. The number of hydrogen-bond donors (Lipinski definition) is 3. The summed E-state index contributed by atoms with van der Waals surface area (Å²) in [7, 11) is 1.56. The molecule has 1 rings (SSSR count). The van der Waals surface area contributed by atoms with Gasteiger partial charge < -0.3 is 16.4 Å². The van der Waals surface area contributed by atoms with E-state index < -0.39 is 12.1 Å². The third kappa shape index (κ3) is 5.01. The molecule has 2 atom stereocenters. The zero-order valence-electron chi connectivity index (χ0n) is 12.1. The molecule has 0 fully saturated rings. The summed E-state index contributed by atoms with van der Waals surface area (Å²) in [4.78, 5) is 23.7. The quantitative estimate of drug-likeness (QED) is 0.682. The molecule has 0 saturated carbocycles. The molecule has 0 aliphatic heterocycles. The van der Waals surface area contributed by atoms with Crippen LogP contribution >= 0.6 is 0 Å². The van der Waals surface area contributed by atoms with Crippen LogP contribution in [-0.4, -0.2) is 30.9 Å². The van der Waals surface area contributed by atoms with E-state index in [-0.39, 0.29) is 11.8 Å². The van der Waals surface area contributed by atoms with Crippen molar-refractivity contribution in [1.29, 1.82) is 0 Å². The molecular formula is C15H23N3O2. The number of nitrogens with one attached hydrogen (secondary N) is 2. The Labute approximate surface area is 119 Å². The highest BCUT2D eigenvalue weighted by atomic mass is 16.2. The van der Waals surface area contributed by atoms with Gasteiger partial charge in [-0.25, -0.2) is 0 Å². The van der Waals surface area contributed by atoms with Crippen LogP contribution in [0.1, 0.15) is 25.3 Å². The third-order valence-electron chi connectivity index (χ3n) is 3.09. The number of nitrogens with two attached hydrogens (primary N) is 1. The van der Waals surface area contributed by atoms with Gasteiger partial charge in [-0.2, -0.15) is 0 Å². The van der Waals surface area contributed by atoms with E-state index in [1.165, 1.54) is 0 Å². The highest BCUT2D eigenvalue weighted by Gasteiger charge is 2.22. The zero-order chi connectivity index (χ0) is 15.0. The minimum atomic E-state index is -0.651. The van der Waals surface area contributed by atoms with E-state index >= 15 is 0 Å². The normalized spacial score (nSPS) is 13.3. The third-order valence-corrected chi connectivity index (χ3v) is 3.09. The first kappa shape index (κ1) is 16.2. The molecule has 0 radical (unpaired) electrons. The van der Waals surface area contributed by atoms with Gasteiger partial charge in [-0.05, 0) is 18.4 Å². The van der Waals surface area contributed by atoms with Crippen LogP contribution in [-0.2, 0) is 16.0 Å². The van der Waals surface area contributed by atoms with Crippen LogP contribution in [0, 0.1) is 0 Å². The van der Waals surface area contributed by atoms with Gasteiger partial charge in [0.2, 0.25) is 11.8 Å². The number of benzene rings is 1. The summed E-state index contributed by atoms with van der Waals surface area (Å²) in [6, 6.07) is 8.41. The predicted molar refractivity (Wildman–Crippen MR) is 79.0 cm³/mol. The molecule has 5 heteroatoms. The molecule has 0 aliphatic carbocycles. The van der Waals surface area contributed by atoms with Crippen LogP contribution in [0.3, 0.4) is 0 Å². The van der Waals surface area contributed by atoms with E-state index in [1.54, 1.807) is 7.05 Å². The highest BCUT2D eigenvalue weighted by molar-refractivity contribution is 5.89. The number of amides is 2. The highest BCUT2D eigenvalue weighted by Crippen LogP contribution is 2.03. The lowest BCUT2D eigenvalue weighted by Crippen LogP contribution is -2.51. The molecule has 2 amide bonds. The number of carbonyl (C=O) groups excluding carboxylic acids is 2. The summed E-state index contributed by atoms with van der Waals surface area (Å²) in [5, 5.41) is 5.26. The van der Waals surface area contributed by atoms with E-state index in [2.05, 4.69) is 10.6 Å². The van der Waals surface area contributed by atoms with Crippen molar-refractivity contribution < 1.29 is 9.59 Å². The summed E-state index contributed by atoms with van der Waals surface area (Å²) < 4.78 is 0. The van der Waals surface area contributed by atoms with Crippen molar-refractivity contribution in [3.8, 4) is 0 Å². The molecule has 4 N–H and O–H groups in total. The molecule has 0 heterocycles. The lowest BCUT2D eigenvalue weighted by molar-refractivity contribution is -0.129. The smallest absolute Gasteiger partial charge is 0.242 e. The predicted octanol–water partition coefficient (Wildman–Crippen LogP) is 0.587. The van der Waals surface area contributed by atoms with Gasteiger partial charge in [0.15, 0.2) is 0 Å². The van der Waals surface area contributed by atoms with Crippen LogP contribution in [0.2, 0.25) is 0 Å². The molecule has 1 aromatic rings. The van der Waals surface area contributed by atoms with Gasteiger partial charge in [-0.3, -0.25) is 9.59 Å². The van der Waals surface area contributed by atoms with Crippen molar-refractivity contribution in [2.45, 2.75) is 38.3 Å². The van der Waals surface area contributed by atoms with Crippen molar-refractivity contribution in [2.75, 3.05) is 7.05 Å². The Morgan fingerprint density at radius 3 is 2.40 bits per heavy atom. The first-order valence-electron chi connectivity index (χ1n) is 6.90. The van der Waals surface area contributed by atoms with Crippen LogP contribution in [0.15, 0.2) is 30.3 Å². The lowest BCUT2D eigenvalue weighted by Gasteiger charge is -2.19. The molecule has 2 unspecified atom stereocenters. The molecule has 20 heavy (non-hydrogen) atoms. The topological polar surface area (TPSA) is 84.2 Å². The van der Waals surface area contributed by atoms with Crippen molar-refractivity contribution in [1.82, 2.24) is 10.6 Å². The lowest BCUT2D eigenvalue weighted by atomic mass is 10.0. The van der Waals surface area contributed by atoms with E-state index in [1.807, 2.05) is 37.3 Å². The average Bonchev–Trinajstić information content (AvgIpc) is 2.46. The van der Waals surface area contributed by atoms with Crippen molar-refractivity contribution in [3.63, 3.8) is 0 Å². The molecule has 0 aliphatic rings. The molecule has 1 aromatic carbocycles. The van der Waals surface area contributed by atoms with E-state index in [0.717, 1.165) is 12.0 Å². The van der Waals surface area contributed by atoms with Gasteiger partial charge in [0.05, 0.1) is 6.04 Å². The second-order valence-corrected chi connectivity index (χ2v) is 4.76. The maximum atomic E-state index is 12.0. The number of rotatable bonds is 7. The van der Waals surface area contributed by atoms with Gasteiger partial charge in [0.25, 0.3) is 0 Å². The second kappa shape index (κ2) is 8.32. The fourth-order valence-corrected chi connectivity index (χ4v) is 1.97. The number of hydrogen-bond acceptors (Lipinski definition) is 3. The molecule has 110 valence electrons. The van der Waals surface area contributed by atoms with Gasteiger partial charge in [-0.15, -0.1) is 0 Å². The first-order valence-corrected chi connectivity index (χ1v) is 6.90. The van der Waals surface area contributed by atoms with Gasteiger partial charge in [-0.1, -0.05) is 43.7 Å². The van der Waals surface area contributed by atoms with Crippen molar-refractivity contribution >= 4 is 11.8 Å². The Morgan fingerprint density at radius 2 is 1.85 bits per heavy atom. The fraction of sp³-hybridized carbons (Fsp3) is 0.467. The standard InChI is InChI=1S/C15H23N3O2/c1-3-7-13(15(20)17-2)18-14(19)12(16)10-11-8-5-4-6-9-11/h4-6,8-9,12-13H,3,7,10,16H2,1-2H3,(H,17,20)(H,18,19). The minimum absolute atomic E-state index is 0.188. The van der Waals surface area contributed by atoms with E-state index in [0.29, 0.717) is 12.8 Å². The number of carbonyl (C=O) groups is 2. The minimum Gasteiger partial charge on any atom is -0.357 e. The SMILES string of the molecule is CCCC(NC(=O)C(N)Cc1ccccc1)C(=O)NC. The summed E-state index contributed by atoms with van der Waals surface area (Å²) >= 11 is 0. The van der Waals surface area contributed by atoms with E-state index in [4.69, 9.17) is 5.73 Å². The fourth-order valence-electron chi connectivity index (χ4n) is 1.97. The van der Waals surface area contributed by atoms with Crippen LogP contribution in [0.4, 0.5) is 0 Å². The average molecular weight is 277 g/mol. The molecule has 0 saturated heterocycles. The van der Waals surface area contributed by atoms with E-state index in [9.17, 15) is 9.59 Å². The summed E-state index contributed by atoms with van der Waals surface area (Å²) in [5.74, 6) is -0.483. The van der Waals surface area contributed by atoms with Gasteiger partial charge in [0.1, 0.15) is 6.04 Å². The zero-order valence-corrected chi connectivity index (χ0v) is 12.1. The largest absolute Gasteiger partial charge is 0.357 e. The number of likely N-dealkylation sites (N-methyl/N-ethyl adjacent to an activating group) is 1. The molecular weight excluding hydrogens is 254 g/mol. The molecule has 0 bridgehead atoms. The Balaban J connectivity index is 2.57. The summed E-state index contributed by atoms with van der Waals surface area (Å²) in [6.45, 7) is 1.96. The maximum Gasteiger partial charge on any atom is 0.242 e. The Kier molecular flexibility index (Phi) is 6.73. The molecule has 0 aromatic heterocycles. The Morgan fingerprint density at radius 1 is 1.20 bits per heavy atom. The van der Waals surface area contributed by atoms with Crippen LogP contribution in [0.5, 0.6) is 0 Å². The van der Waals surface area contributed by atoms with Crippen molar-refractivity contribution in [2.24, 2.45) is 5.73 Å². The molecule has 5 nitrogen and oxygen atoms in total. The monoisotopic (exact) mass is 277 g/mol. The Hall–Kier alpha value is -1.88. The maximum absolute atomic E-state index is 12.0. The Bertz CT molecular complexity index is 434. The summed E-state index contributed by atoms with van der Waals surface area (Å²) in [6.07, 6.45) is 1.87. The van der Waals surface area contributed by atoms with Crippen molar-refractivity contribution in [3.05, 3.63) is 35.9 Å². The van der Waals surface area contributed by atoms with Crippen LogP contribution in [0.25, 0.3) is 0 Å². The first-order chi connectivity index (χ1) is 9.58. The summed E-state index contributed by atoms with van der Waals surface area (Å²) in [5.41, 5.74) is 6.89. The van der Waals surface area contributed by atoms with Gasteiger partial charge in [0, 0.05) is 7.05 Å².